The number of aromatic amines is 1. The molecule has 0 aliphatic carbocycles. The van der Waals surface area contributed by atoms with Gasteiger partial charge in [0.25, 0.3) is 0 Å². The first-order chi connectivity index (χ1) is 11.4. The summed E-state index contributed by atoms with van der Waals surface area (Å²) in [5.41, 5.74) is 8.52. The molecule has 6 nitrogen and oxygen atoms in total. The Bertz CT molecular complexity index is 821. The monoisotopic (exact) mass is 347 g/mol. The molecule has 0 saturated carbocycles. The van der Waals surface area contributed by atoms with Gasteiger partial charge in [0, 0.05) is 40.4 Å². The van der Waals surface area contributed by atoms with E-state index in [1.165, 1.54) is 24.5 Å². The molecule has 7 heteroatoms. The van der Waals surface area contributed by atoms with Crippen LogP contribution in [0.3, 0.4) is 0 Å². The minimum atomic E-state index is -0.411. The molecule has 0 saturated heterocycles. The van der Waals surface area contributed by atoms with Crippen molar-refractivity contribution < 1.29 is 9.53 Å². The number of rotatable bonds is 6. The summed E-state index contributed by atoms with van der Waals surface area (Å²) in [5, 5.41) is 3.24. The summed E-state index contributed by atoms with van der Waals surface area (Å²) in [6, 6.07) is 3.09. The van der Waals surface area contributed by atoms with Crippen LogP contribution in [0.1, 0.15) is 27.2 Å². The molecule has 2 heterocycles. The van der Waals surface area contributed by atoms with E-state index in [0.717, 1.165) is 16.0 Å². The predicted molar refractivity (Wildman–Crippen MR) is 98.7 cm³/mol. The minimum Gasteiger partial charge on any atom is -0.465 e. The van der Waals surface area contributed by atoms with E-state index in [2.05, 4.69) is 16.9 Å². The van der Waals surface area contributed by atoms with Crippen LogP contribution >= 0.6 is 11.3 Å². The summed E-state index contributed by atoms with van der Waals surface area (Å²) in [5.74, 6) is -0.411. The van der Waals surface area contributed by atoms with Crippen molar-refractivity contribution in [2.45, 2.75) is 19.9 Å². The molecule has 0 amide bonds. The van der Waals surface area contributed by atoms with E-state index in [-0.39, 0.29) is 11.6 Å². The number of thiophene rings is 1. The molecule has 0 aliphatic rings. The van der Waals surface area contributed by atoms with E-state index < -0.39 is 5.97 Å². The van der Waals surface area contributed by atoms with Gasteiger partial charge in [0.05, 0.1) is 12.8 Å². The number of pyridine rings is 1. The van der Waals surface area contributed by atoms with E-state index in [4.69, 9.17) is 10.5 Å². The fourth-order valence-electron chi connectivity index (χ4n) is 2.41. The molecule has 2 aromatic rings. The van der Waals surface area contributed by atoms with E-state index in [9.17, 15) is 9.59 Å². The molecular formula is C17H21N3O3S. The number of carbonyl (C=O) groups excluding carboxylic acids is 1. The second-order valence-electron chi connectivity index (χ2n) is 5.44. The highest BCUT2D eigenvalue weighted by molar-refractivity contribution is 7.15. The topological polar surface area (TPSA) is 97.2 Å². The summed E-state index contributed by atoms with van der Waals surface area (Å²) in [6.45, 7) is 8.04. The minimum absolute atomic E-state index is 0.0852. The first-order valence-corrected chi connectivity index (χ1v) is 8.28. The van der Waals surface area contributed by atoms with E-state index >= 15 is 0 Å². The van der Waals surface area contributed by atoms with Crippen LogP contribution in [-0.4, -0.2) is 30.6 Å². The van der Waals surface area contributed by atoms with Gasteiger partial charge in [0.2, 0.25) is 5.56 Å². The third kappa shape index (κ3) is 3.58. The average Bonchev–Trinajstić information content (AvgIpc) is 2.88. The van der Waals surface area contributed by atoms with Crippen LogP contribution in [0.2, 0.25) is 0 Å². The zero-order chi connectivity index (χ0) is 17.9. The maximum absolute atomic E-state index is 12.1. The molecule has 1 atom stereocenters. The quantitative estimate of drug-likeness (QED) is 0.698. The first-order valence-electron chi connectivity index (χ1n) is 7.46. The first kappa shape index (κ1) is 18.0. The lowest BCUT2D eigenvalue weighted by Gasteiger charge is -2.14. The summed E-state index contributed by atoms with van der Waals surface area (Å²) in [4.78, 5) is 27.9. The molecular weight excluding hydrogens is 326 g/mol. The Balaban J connectivity index is 2.68. The van der Waals surface area contributed by atoms with Crippen LogP contribution in [0, 0.1) is 6.92 Å². The molecule has 0 aromatic carbocycles. The fourth-order valence-corrected chi connectivity index (χ4v) is 3.47. The maximum atomic E-state index is 12.1. The smallest absolute Gasteiger partial charge is 0.350 e. The lowest BCUT2D eigenvalue weighted by molar-refractivity contribution is 0.0607. The van der Waals surface area contributed by atoms with Crippen molar-refractivity contribution in [1.82, 2.24) is 4.98 Å². The SMILES string of the molecule is C=Cc1[nH]c(=O)ccc1-c1c(C)sc(C(=O)OC)c1NC[C@H](C)N. The number of aryl methyl sites for hydroxylation is 1. The molecule has 24 heavy (non-hydrogen) atoms. The summed E-state index contributed by atoms with van der Waals surface area (Å²) < 4.78 is 4.89. The number of esters is 1. The van der Waals surface area contributed by atoms with Crippen molar-refractivity contribution in [1.29, 1.82) is 0 Å². The molecule has 0 aliphatic heterocycles. The highest BCUT2D eigenvalue weighted by atomic mass is 32.1. The van der Waals surface area contributed by atoms with Gasteiger partial charge in [-0.15, -0.1) is 11.3 Å². The third-order valence-corrected chi connectivity index (χ3v) is 4.56. The Morgan fingerprint density at radius 1 is 1.54 bits per heavy atom. The van der Waals surface area contributed by atoms with E-state index in [0.29, 0.717) is 22.8 Å². The molecule has 128 valence electrons. The Hall–Kier alpha value is -2.38. The average molecular weight is 347 g/mol. The number of aromatic nitrogens is 1. The van der Waals surface area contributed by atoms with Crippen LogP contribution in [0.4, 0.5) is 5.69 Å². The number of ether oxygens (including phenoxy) is 1. The lowest BCUT2D eigenvalue weighted by Crippen LogP contribution is -2.25. The Morgan fingerprint density at radius 2 is 2.25 bits per heavy atom. The number of carbonyl (C=O) groups is 1. The third-order valence-electron chi connectivity index (χ3n) is 3.48. The largest absolute Gasteiger partial charge is 0.465 e. The van der Waals surface area contributed by atoms with Crippen molar-refractivity contribution in [2.75, 3.05) is 19.0 Å². The van der Waals surface area contributed by atoms with Crippen molar-refractivity contribution in [3.63, 3.8) is 0 Å². The van der Waals surface area contributed by atoms with Gasteiger partial charge >= 0.3 is 5.97 Å². The Morgan fingerprint density at radius 3 is 2.83 bits per heavy atom. The number of hydrogen-bond acceptors (Lipinski definition) is 6. The molecule has 0 fully saturated rings. The summed E-state index contributed by atoms with van der Waals surface area (Å²) >= 11 is 1.34. The van der Waals surface area contributed by atoms with Crippen LogP contribution in [-0.2, 0) is 4.74 Å². The molecule has 0 radical (unpaired) electrons. The molecule has 0 unspecified atom stereocenters. The molecule has 2 rings (SSSR count). The lowest BCUT2D eigenvalue weighted by atomic mass is 10.0. The molecule has 4 N–H and O–H groups in total. The van der Waals surface area contributed by atoms with Gasteiger partial charge in [0.15, 0.2) is 0 Å². The molecule has 0 spiro atoms. The van der Waals surface area contributed by atoms with Crippen LogP contribution in [0.15, 0.2) is 23.5 Å². The second-order valence-corrected chi connectivity index (χ2v) is 6.67. The van der Waals surface area contributed by atoms with Crippen molar-refractivity contribution >= 4 is 29.1 Å². The van der Waals surface area contributed by atoms with E-state index in [1.807, 2.05) is 13.8 Å². The van der Waals surface area contributed by atoms with Crippen LogP contribution in [0.25, 0.3) is 17.2 Å². The fraction of sp³-hybridized carbons (Fsp3) is 0.294. The number of methoxy groups -OCH3 is 1. The number of nitrogens with two attached hydrogens (primary N) is 1. The zero-order valence-corrected chi connectivity index (χ0v) is 14.8. The molecule has 0 bridgehead atoms. The van der Waals surface area contributed by atoms with Gasteiger partial charge in [-0.1, -0.05) is 6.58 Å². The number of anilines is 1. The standard InChI is InChI=1S/C17H21N3O3S/c1-5-12-11(6-7-13(21)20-12)14-10(3)24-16(17(22)23-4)15(14)19-8-9(2)18/h5-7,9,19H,1,8,18H2,2-4H3,(H,20,21)/t9-/m0/s1. The van der Waals surface area contributed by atoms with Gasteiger partial charge in [-0.25, -0.2) is 4.79 Å². The number of H-pyrrole nitrogens is 1. The zero-order valence-electron chi connectivity index (χ0n) is 13.9. The highest BCUT2D eigenvalue weighted by Crippen LogP contribution is 2.41. The van der Waals surface area contributed by atoms with Gasteiger partial charge in [-0.2, -0.15) is 0 Å². The Labute approximate surface area is 144 Å². The van der Waals surface area contributed by atoms with Gasteiger partial charge in [0.1, 0.15) is 4.88 Å². The van der Waals surface area contributed by atoms with Gasteiger partial charge < -0.3 is 20.8 Å². The number of hydrogen-bond donors (Lipinski definition) is 3. The predicted octanol–water partition coefficient (Wildman–Crippen LogP) is 2.60. The van der Waals surface area contributed by atoms with Crippen molar-refractivity contribution in [3.8, 4) is 11.1 Å². The molecule has 2 aromatic heterocycles. The van der Waals surface area contributed by atoms with Crippen molar-refractivity contribution in [3.05, 3.63) is 44.5 Å². The van der Waals surface area contributed by atoms with E-state index in [1.54, 1.807) is 12.1 Å². The van der Waals surface area contributed by atoms with Crippen LogP contribution in [0.5, 0.6) is 0 Å². The van der Waals surface area contributed by atoms with Crippen LogP contribution < -0.4 is 16.6 Å². The van der Waals surface area contributed by atoms with Crippen molar-refractivity contribution in [2.24, 2.45) is 5.73 Å². The van der Waals surface area contributed by atoms with Gasteiger partial charge in [-0.05, 0) is 26.0 Å². The van der Waals surface area contributed by atoms with Gasteiger partial charge in [-0.3, -0.25) is 4.79 Å². The highest BCUT2D eigenvalue weighted by Gasteiger charge is 2.24. The maximum Gasteiger partial charge on any atom is 0.350 e. The summed E-state index contributed by atoms with van der Waals surface area (Å²) in [7, 11) is 1.35. The Kier molecular flexibility index (Phi) is 5.58. The number of nitrogens with one attached hydrogen (secondary N) is 2. The normalized spacial score (nSPS) is 11.8. The summed E-state index contributed by atoms with van der Waals surface area (Å²) in [6.07, 6.45) is 1.58. The second kappa shape index (κ2) is 7.46.